The summed E-state index contributed by atoms with van der Waals surface area (Å²) >= 11 is 0. The summed E-state index contributed by atoms with van der Waals surface area (Å²) in [5.74, 6) is -2.01. The first-order valence-electron chi connectivity index (χ1n) is 9.20. The number of rotatable bonds is 4. The van der Waals surface area contributed by atoms with E-state index < -0.39 is 17.7 Å². The summed E-state index contributed by atoms with van der Waals surface area (Å²) in [6, 6.07) is 0. The van der Waals surface area contributed by atoms with Gasteiger partial charge in [-0.2, -0.15) is 13.2 Å². The zero-order valence-corrected chi connectivity index (χ0v) is 14.3. The molecule has 0 heterocycles. The van der Waals surface area contributed by atoms with Crippen molar-refractivity contribution >= 4 is 5.97 Å². The maximum Gasteiger partial charge on any atom is 0.490 e. The monoisotopic (exact) mass is 336 g/mol. The Hall–Kier alpha value is -0.740. The highest BCUT2D eigenvalue weighted by Crippen LogP contribution is 2.35. The van der Waals surface area contributed by atoms with Gasteiger partial charge in [0, 0.05) is 0 Å². The van der Waals surface area contributed by atoms with Crippen LogP contribution in [0.5, 0.6) is 0 Å². The van der Waals surface area contributed by atoms with Crippen LogP contribution in [-0.4, -0.2) is 17.7 Å². The van der Waals surface area contributed by atoms with Gasteiger partial charge in [0.05, 0.1) is 0 Å². The SMILES string of the molecule is CCCCC1(OC(=O)C(F)(F)F)CCCCCCCCCCC1. The van der Waals surface area contributed by atoms with Crippen LogP contribution in [0.3, 0.4) is 0 Å². The van der Waals surface area contributed by atoms with Gasteiger partial charge in [0.25, 0.3) is 0 Å². The van der Waals surface area contributed by atoms with Gasteiger partial charge >= 0.3 is 12.1 Å². The van der Waals surface area contributed by atoms with Crippen LogP contribution in [0.15, 0.2) is 0 Å². The molecular formula is C18H31F3O2. The molecule has 23 heavy (non-hydrogen) atoms. The zero-order chi connectivity index (χ0) is 17.2. The van der Waals surface area contributed by atoms with E-state index in [-0.39, 0.29) is 0 Å². The number of alkyl halides is 3. The highest BCUT2D eigenvalue weighted by atomic mass is 19.4. The lowest BCUT2D eigenvalue weighted by molar-refractivity contribution is -0.216. The molecule has 0 radical (unpaired) electrons. The van der Waals surface area contributed by atoms with E-state index in [0.29, 0.717) is 19.3 Å². The van der Waals surface area contributed by atoms with E-state index in [4.69, 9.17) is 4.74 Å². The minimum absolute atomic E-state index is 0.547. The summed E-state index contributed by atoms with van der Waals surface area (Å²) in [5, 5.41) is 0. The van der Waals surface area contributed by atoms with Gasteiger partial charge in [-0.15, -0.1) is 0 Å². The van der Waals surface area contributed by atoms with Crippen LogP contribution in [-0.2, 0) is 9.53 Å². The van der Waals surface area contributed by atoms with Crippen LogP contribution in [0.1, 0.15) is 96.8 Å². The van der Waals surface area contributed by atoms with Gasteiger partial charge in [0.1, 0.15) is 5.60 Å². The number of esters is 1. The summed E-state index contributed by atoms with van der Waals surface area (Å²) in [4.78, 5) is 11.4. The highest BCUT2D eigenvalue weighted by Gasteiger charge is 2.46. The standard InChI is InChI=1S/C18H31F3O2/c1-2-3-13-17(23-16(22)18(19,20)21)14-11-9-7-5-4-6-8-10-12-15-17/h2-15H2,1H3. The van der Waals surface area contributed by atoms with E-state index >= 15 is 0 Å². The molecule has 0 saturated heterocycles. The molecule has 1 aliphatic carbocycles. The fraction of sp³-hybridized carbons (Fsp3) is 0.944. The lowest BCUT2D eigenvalue weighted by Crippen LogP contribution is -2.40. The lowest BCUT2D eigenvalue weighted by atomic mass is 9.84. The number of halogens is 3. The Bertz CT molecular complexity index is 328. The molecular weight excluding hydrogens is 305 g/mol. The molecule has 0 N–H and O–H groups in total. The third-order valence-corrected chi connectivity index (χ3v) is 4.79. The summed E-state index contributed by atoms with van der Waals surface area (Å²) in [5.41, 5.74) is -0.915. The molecule has 2 nitrogen and oxygen atoms in total. The predicted molar refractivity (Wildman–Crippen MR) is 85.2 cm³/mol. The Kier molecular flexibility index (Phi) is 9.00. The number of hydrogen-bond acceptors (Lipinski definition) is 2. The Morgan fingerprint density at radius 2 is 1.35 bits per heavy atom. The maximum atomic E-state index is 12.7. The molecule has 0 aliphatic heterocycles. The van der Waals surface area contributed by atoms with Crippen molar-refractivity contribution in [3.05, 3.63) is 0 Å². The van der Waals surface area contributed by atoms with Crippen molar-refractivity contribution < 1.29 is 22.7 Å². The van der Waals surface area contributed by atoms with Gasteiger partial charge in [-0.05, 0) is 38.5 Å². The Balaban J connectivity index is 2.79. The number of ether oxygens (including phenoxy) is 1. The third kappa shape index (κ3) is 8.07. The van der Waals surface area contributed by atoms with Crippen LogP contribution in [0.2, 0.25) is 0 Å². The molecule has 0 aromatic heterocycles. The van der Waals surface area contributed by atoms with Gasteiger partial charge in [0.15, 0.2) is 0 Å². The molecule has 0 spiro atoms. The van der Waals surface area contributed by atoms with Crippen molar-refractivity contribution in [1.82, 2.24) is 0 Å². The van der Waals surface area contributed by atoms with Crippen molar-refractivity contribution in [3.63, 3.8) is 0 Å². The summed E-state index contributed by atoms with van der Waals surface area (Å²) in [6.07, 6.45) is 8.07. The second kappa shape index (κ2) is 10.2. The van der Waals surface area contributed by atoms with Crippen LogP contribution < -0.4 is 0 Å². The van der Waals surface area contributed by atoms with Gasteiger partial charge in [0.2, 0.25) is 0 Å². The number of hydrogen-bond donors (Lipinski definition) is 0. The van der Waals surface area contributed by atoms with E-state index in [1.807, 2.05) is 6.92 Å². The normalized spacial score (nSPS) is 21.0. The molecule has 1 fully saturated rings. The first kappa shape index (κ1) is 20.3. The number of carbonyl (C=O) groups excluding carboxylic acids is 1. The maximum absolute atomic E-state index is 12.7. The number of carbonyl (C=O) groups is 1. The largest absolute Gasteiger partial charge is 0.490 e. The van der Waals surface area contributed by atoms with Gasteiger partial charge in [-0.3, -0.25) is 0 Å². The van der Waals surface area contributed by atoms with Crippen molar-refractivity contribution in [1.29, 1.82) is 0 Å². The van der Waals surface area contributed by atoms with E-state index in [1.165, 1.54) is 19.3 Å². The Morgan fingerprint density at radius 1 is 0.913 bits per heavy atom. The number of unbranched alkanes of at least 4 members (excludes halogenated alkanes) is 1. The summed E-state index contributed by atoms with van der Waals surface area (Å²) in [6.45, 7) is 2.01. The Labute approximate surface area is 138 Å². The van der Waals surface area contributed by atoms with Crippen molar-refractivity contribution in [2.24, 2.45) is 0 Å². The Morgan fingerprint density at radius 3 is 1.74 bits per heavy atom. The quantitative estimate of drug-likeness (QED) is 0.561. The summed E-state index contributed by atoms with van der Waals surface area (Å²) in [7, 11) is 0. The molecule has 0 bridgehead atoms. The topological polar surface area (TPSA) is 26.3 Å². The van der Waals surface area contributed by atoms with Crippen LogP contribution in [0.4, 0.5) is 13.2 Å². The van der Waals surface area contributed by atoms with Crippen molar-refractivity contribution in [2.75, 3.05) is 0 Å². The second-order valence-electron chi connectivity index (χ2n) is 6.86. The molecule has 0 atom stereocenters. The minimum Gasteiger partial charge on any atom is -0.452 e. The van der Waals surface area contributed by atoms with Gasteiger partial charge in [-0.1, -0.05) is 58.3 Å². The summed E-state index contributed by atoms with van der Waals surface area (Å²) < 4.78 is 43.1. The predicted octanol–water partition coefficient (Wildman–Crippen LogP) is 6.33. The van der Waals surface area contributed by atoms with Crippen LogP contribution in [0, 0.1) is 0 Å². The molecule has 1 aliphatic rings. The van der Waals surface area contributed by atoms with Crippen LogP contribution >= 0.6 is 0 Å². The van der Waals surface area contributed by atoms with Crippen LogP contribution in [0.25, 0.3) is 0 Å². The first-order chi connectivity index (χ1) is 10.9. The minimum atomic E-state index is -4.90. The molecule has 1 rings (SSSR count). The average Bonchev–Trinajstić information content (AvgIpc) is 2.47. The fourth-order valence-corrected chi connectivity index (χ4v) is 3.41. The molecule has 0 unspecified atom stereocenters. The van der Waals surface area contributed by atoms with Crippen molar-refractivity contribution in [3.8, 4) is 0 Å². The molecule has 1 saturated carbocycles. The molecule has 0 amide bonds. The van der Waals surface area contributed by atoms with Gasteiger partial charge in [-0.25, -0.2) is 4.79 Å². The molecule has 136 valence electrons. The van der Waals surface area contributed by atoms with E-state index in [1.54, 1.807) is 0 Å². The highest BCUT2D eigenvalue weighted by molar-refractivity contribution is 5.76. The molecule has 0 aromatic rings. The molecule has 5 heteroatoms. The lowest BCUT2D eigenvalue weighted by Gasteiger charge is -2.34. The third-order valence-electron chi connectivity index (χ3n) is 4.79. The van der Waals surface area contributed by atoms with Gasteiger partial charge < -0.3 is 4.74 Å². The van der Waals surface area contributed by atoms with E-state index in [2.05, 4.69) is 0 Å². The zero-order valence-electron chi connectivity index (χ0n) is 14.3. The first-order valence-corrected chi connectivity index (χ1v) is 9.20. The second-order valence-corrected chi connectivity index (χ2v) is 6.86. The fourth-order valence-electron chi connectivity index (χ4n) is 3.41. The van der Waals surface area contributed by atoms with E-state index in [0.717, 1.165) is 51.4 Å². The van der Waals surface area contributed by atoms with Crippen molar-refractivity contribution in [2.45, 2.75) is 109 Å². The average molecular weight is 336 g/mol. The van der Waals surface area contributed by atoms with E-state index in [9.17, 15) is 18.0 Å². The molecule has 0 aromatic carbocycles. The smallest absolute Gasteiger partial charge is 0.452 e.